The molecule has 0 fully saturated rings. The Morgan fingerprint density at radius 1 is 1.29 bits per heavy atom. The van der Waals surface area contributed by atoms with E-state index in [1.807, 2.05) is 32.0 Å². The van der Waals surface area contributed by atoms with Crippen molar-refractivity contribution in [1.29, 1.82) is 0 Å². The molecule has 0 aliphatic rings. The van der Waals surface area contributed by atoms with Gasteiger partial charge in [-0.25, -0.2) is 0 Å². The maximum Gasteiger partial charge on any atom is 0.295 e. The molecule has 0 bridgehead atoms. The molecule has 0 spiro atoms. The van der Waals surface area contributed by atoms with E-state index in [-0.39, 0.29) is 0 Å². The van der Waals surface area contributed by atoms with Gasteiger partial charge in [-0.1, -0.05) is 0 Å². The maximum atomic E-state index is 5.46. The zero-order chi connectivity index (χ0) is 12.4. The Balaban J connectivity index is 2.45. The molecule has 0 amide bonds. The Hall–Kier alpha value is -1.97. The quantitative estimate of drug-likeness (QED) is 0.883. The first-order chi connectivity index (χ1) is 8.15. The Labute approximate surface area is 101 Å². The van der Waals surface area contributed by atoms with Gasteiger partial charge in [0, 0.05) is 12.6 Å². The first kappa shape index (κ1) is 11.5. The fraction of sp³-hybridized carbons (Fsp3) is 0.308. The molecule has 1 N–H and O–H groups in total. The first-order valence-electron chi connectivity index (χ1n) is 5.46. The monoisotopic (exact) mass is 232 g/mol. The van der Waals surface area contributed by atoms with E-state index in [0.717, 1.165) is 28.3 Å². The topological polar surface area (TPSA) is 47.3 Å². The number of oxazole rings is 1. The van der Waals surface area contributed by atoms with E-state index in [0.29, 0.717) is 6.01 Å². The van der Waals surface area contributed by atoms with Crippen LogP contribution in [0.25, 0.3) is 11.3 Å². The van der Waals surface area contributed by atoms with Crippen LogP contribution in [0, 0.1) is 13.8 Å². The van der Waals surface area contributed by atoms with Crippen LogP contribution in [0.3, 0.4) is 0 Å². The van der Waals surface area contributed by atoms with Gasteiger partial charge in [-0.3, -0.25) is 0 Å². The summed E-state index contributed by atoms with van der Waals surface area (Å²) in [5.41, 5.74) is 2.98. The van der Waals surface area contributed by atoms with Gasteiger partial charge in [-0.2, -0.15) is 4.98 Å². The molecule has 17 heavy (non-hydrogen) atoms. The maximum absolute atomic E-state index is 5.46. The van der Waals surface area contributed by atoms with E-state index < -0.39 is 0 Å². The first-order valence-corrected chi connectivity index (χ1v) is 5.46. The van der Waals surface area contributed by atoms with Gasteiger partial charge in [0.25, 0.3) is 6.01 Å². The van der Waals surface area contributed by atoms with Gasteiger partial charge in [0.2, 0.25) is 0 Å². The molecule has 0 saturated heterocycles. The number of nitrogens with one attached hydrogen (secondary N) is 1. The van der Waals surface area contributed by atoms with E-state index in [1.54, 1.807) is 14.2 Å². The number of anilines is 1. The number of hydrogen-bond donors (Lipinski definition) is 1. The smallest absolute Gasteiger partial charge is 0.295 e. The van der Waals surface area contributed by atoms with Crippen LogP contribution >= 0.6 is 0 Å². The molecule has 0 radical (unpaired) electrons. The van der Waals surface area contributed by atoms with Crippen molar-refractivity contribution in [2.24, 2.45) is 0 Å². The molecule has 2 aromatic rings. The molecule has 2 rings (SSSR count). The van der Waals surface area contributed by atoms with Crippen molar-refractivity contribution in [2.75, 3.05) is 19.5 Å². The molecule has 0 atom stereocenters. The van der Waals surface area contributed by atoms with Crippen molar-refractivity contribution in [1.82, 2.24) is 4.98 Å². The highest BCUT2D eigenvalue weighted by molar-refractivity contribution is 5.64. The molecule has 1 heterocycles. The third-order valence-electron chi connectivity index (χ3n) is 2.68. The molecule has 1 aromatic carbocycles. The number of aromatic nitrogens is 1. The van der Waals surface area contributed by atoms with Gasteiger partial charge in [0.05, 0.1) is 7.11 Å². The summed E-state index contributed by atoms with van der Waals surface area (Å²) in [4.78, 5) is 4.38. The predicted molar refractivity (Wildman–Crippen MR) is 67.5 cm³/mol. The van der Waals surface area contributed by atoms with Crippen LogP contribution in [0.5, 0.6) is 5.75 Å². The Morgan fingerprint density at radius 2 is 2.06 bits per heavy atom. The Kier molecular flexibility index (Phi) is 3.04. The number of ether oxygens (including phenoxy) is 1. The lowest BCUT2D eigenvalue weighted by Crippen LogP contribution is -1.89. The summed E-state index contributed by atoms with van der Waals surface area (Å²) >= 11 is 0. The van der Waals surface area contributed by atoms with E-state index in [9.17, 15) is 0 Å². The van der Waals surface area contributed by atoms with Crippen LogP contribution in [-0.4, -0.2) is 19.1 Å². The molecule has 90 valence electrons. The zero-order valence-electron chi connectivity index (χ0n) is 10.5. The minimum atomic E-state index is 0.533. The lowest BCUT2D eigenvalue weighted by molar-refractivity contribution is 0.412. The molecule has 0 aliphatic heterocycles. The summed E-state index contributed by atoms with van der Waals surface area (Å²) in [6.07, 6.45) is 0. The van der Waals surface area contributed by atoms with Crippen molar-refractivity contribution in [3.8, 4) is 17.0 Å². The van der Waals surface area contributed by atoms with Crippen molar-refractivity contribution >= 4 is 6.01 Å². The zero-order valence-corrected chi connectivity index (χ0v) is 10.5. The molecule has 1 aromatic heterocycles. The molecule has 4 heteroatoms. The summed E-state index contributed by atoms with van der Waals surface area (Å²) in [6.45, 7) is 3.92. The molecular formula is C13H16N2O2. The highest BCUT2D eigenvalue weighted by Gasteiger charge is 2.11. The lowest BCUT2D eigenvalue weighted by atomic mass is 10.1. The molecule has 4 nitrogen and oxygen atoms in total. The third kappa shape index (κ3) is 2.11. The minimum absolute atomic E-state index is 0.533. The second kappa shape index (κ2) is 4.49. The summed E-state index contributed by atoms with van der Waals surface area (Å²) < 4.78 is 10.7. The van der Waals surface area contributed by atoms with Crippen LogP contribution in [0.4, 0.5) is 6.01 Å². The van der Waals surface area contributed by atoms with Gasteiger partial charge in [0.1, 0.15) is 17.2 Å². The van der Waals surface area contributed by atoms with Gasteiger partial charge >= 0.3 is 0 Å². The fourth-order valence-electron chi connectivity index (χ4n) is 1.80. The van der Waals surface area contributed by atoms with Gasteiger partial charge in [-0.15, -0.1) is 0 Å². The predicted octanol–water partition coefficient (Wildman–Crippen LogP) is 3.01. The van der Waals surface area contributed by atoms with Gasteiger partial charge in [0.15, 0.2) is 0 Å². The van der Waals surface area contributed by atoms with Crippen LogP contribution in [0.2, 0.25) is 0 Å². The van der Waals surface area contributed by atoms with Crippen LogP contribution in [-0.2, 0) is 0 Å². The van der Waals surface area contributed by atoms with Gasteiger partial charge < -0.3 is 14.5 Å². The largest absolute Gasteiger partial charge is 0.496 e. The molecule has 0 unspecified atom stereocenters. The SMILES string of the molecule is CNc1nc(-c2ccc(OC)c(C)c2)c(C)o1. The highest BCUT2D eigenvalue weighted by atomic mass is 16.5. The standard InChI is InChI=1S/C13H16N2O2/c1-8-7-10(5-6-11(8)16-4)12-9(2)17-13(14-3)15-12/h5-7H,1-4H3,(H,14,15). The summed E-state index contributed by atoms with van der Waals surface area (Å²) in [7, 11) is 3.46. The number of aryl methyl sites for hydroxylation is 2. The van der Waals surface area contributed by atoms with Crippen molar-refractivity contribution < 1.29 is 9.15 Å². The summed E-state index contributed by atoms with van der Waals surface area (Å²) in [5, 5.41) is 2.89. The second-order valence-corrected chi connectivity index (χ2v) is 3.86. The van der Waals surface area contributed by atoms with Crippen molar-refractivity contribution in [2.45, 2.75) is 13.8 Å². The number of nitrogens with zero attached hydrogens (tertiary/aromatic N) is 1. The summed E-state index contributed by atoms with van der Waals surface area (Å²) in [6, 6.07) is 6.50. The van der Waals surface area contributed by atoms with Crippen molar-refractivity contribution in [3.63, 3.8) is 0 Å². The third-order valence-corrected chi connectivity index (χ3v) is 2.68. The average molecular weight is 232 g/mol. The molecule has 0 aliphatic carbocycles. The number of methoxy groups -OCH3 is 1. The summed E-state index contributed by atoms with van der Waals surface area (Å²) in [5.74, 6) is 1.68. The van der Waals surface area contributed by atoms with E-state index in [4.69, 9.17) is 9.15 Å². The van der Waals surface area contributed by atoms with Crippen molar-refractivity contribution in [3.05, 3.63) is 29.5 Å². The second-order valence-electron chi connectivity index (χ2n) is 3.86. The number of rotatable bonds is 3. The number of benzene rings is 1. The van der Waals surface area contributed by atoms with E-state index >= 15 is 0 Å². The Morgan fingerprint density at radius 3 is 2.59 bits per heavy atom. The fourth-order valence-corrected chi connectivity index (χ4v) is 1.80. The van der Waals surface area contributed by atoms with Gasteiger partial charge in [-0.05, 0) is 37.6 Å². The van der Waals surface area contributed by atoms with Crippen LogP contribution in [0.15, 0.2) is 22.6 Å². The molecule has 0 saturated carbocycles. The Bertz CT molecular complexity index is 532. The normalized spacial score (nSPS) is 10.4. The average Bonchev–Trinajstić information content (AvgIpc) is 2.70. The van der Waals surface area contributed by atoms with Crippen LogP contribution < -0.4 is 10.1 Å². The van der Waals surface area contributed by atoms with Crippen LogP contribution in [0.1, 0.15) is 11.3 Å². The number of hydrogen-bond acceptors (Lipinski definition) is 4. The van der Waals surface area contributed by atoms with E-state index in [2.05, 4.69) is 10.3 Å². The van der Waals surface area contributed by atoms with E-state index in [1.165, 1.54) is 0 Å². The minimum Gasteiger partial charge on any atom is -0.496 e. The lowest BCUT2D eigenvalue weighted by Gasteiger charge is -2.05. The highest BCUT2D eigenvalue weighted by Crippen LogP contribution is 2.29. The molecular weight excluding hydrogens is 216 g/mol.